The van der Waals surface area contributed by atoms with E-state index in [2.05, 4.69) is 30.9 Å². The molecule has 4 nitrogen and oxygen atoms in total. The van der Waals surface area contributed by atoms with Gasteiger partial charge in [0.2, 0.25) is 0 Å². The highest BCUT2D eigenvalue weighted by Gasteiger charge is 2.24. The molecule has 0 saturated heterocycles. The molecule has 0 amide bonds. The highest BCUT2D eigenvalue weighted by Crippen LogP contribution is 2.31. The first kappa shape index (κ1) is 10.9. The highest BCUT2D eigenvalue weighted by atomic mass is 15.3. The van der Waals surface area contributed by atoms with Gasteiger partial charge in [0.05, 0.1) is 30.1 Å². The van der Waals surface area contributed by atoms with E-state index in [0.29, 0.717) is 0 Å². The molecule has 0 saturated carbocycles. The second-order valence-electron chi connectivity index (χ2n) is 5.17. The second-order valence-corrected chi connectivity index (χ2v) is 5.17. The summed E-state index contributed by atoms with van der Waals surface area (Å²) >= 11 is 0. The predicted molar refractivity (Wildman–Crippen MR) is 64.1 cm³/mol. The highest BCUT2D eigenvalue weighted by molar-refractivity contribution is 5.62. The Morgan fingerprint density at radius 2 is 1.81 bits per heavy atom. The lowest BCUT2D eigenvalue weighted by Gasteiger charge is -2.21. The first-order valence-corrected chi connectivity index (χ1v) is 5.40. The summed E-state index contributed by atoms with van der Waals surface area (Å²) in [6, 6.07) is 0. The topological polar surface area (TPSA) is 35.6 Å². The number of aromatic nitrogens is 4. The molecule has 2 aromatic heterocycles. The van der Waals surface area contributed by atoms with Gasteiger partial charge in [0.1, 0.15) is 0 Å². The van der Waals surface area contributed by atoms with Gasteiger partial charge in [-0.25, -0.2) is 4.98 Å². The lowest BCUT2D eigenvalue weighted by molar-refractivity contribution is 0.524. The van der Waals surface area contributed by atoms with Gasteiger partial charge in [-0.2, -0.15) is 5.10 Å². The fraction of sp³-hybridized carbons (Fsp3) is 0.500. The third-order valence-electron chi connectivity index (χ3n) is 2.74. The molecule has 0 aromatic carbocycles. The Labute approximate surface area is 95.9 Å². The van der Waals surface area contributed by atoms with E-state index in [1.807, 2.05) is 42.1 Å². The zero-order chi connectivity index (χ0) is 11.9. The molecule has 0 atom stereocenters. The van der Waals surface area contributed by atoms with Gasteiger partial charge in [-0.15, -0.1) is 0 Å². The Bertz CT molecular complexity index is 499. The quantitative estimate of drug-likeness (QED) is 0.735. The number of rotatable bonds is 1. The van der Waals surface area contributed by atoms with Crippen molar-refractivity contribution in [2.45, 2.75) is 26.2 Å². The van der Waals surface area contributed by atoms with Crippen LogP contribution in [-0.4, -0.2) is 19.3 Å². The normalized spacial score (nSPS) is 12.1. The predicted octanol–water partition coefficient (Wildman–Crippen LogP) is 2.12. The molecular formula is C12H18N4. The van der Waals surface area contributed by atoms with Crippen LogP contribution in [0.25, 0.3) is 11.3 Å². The van der Waals surface area contributed by atoms with Gasteiger partial charge in [0.25, 0.3) is 0 Å². The van der Waals surface area contributed by atoms with Gasteiger partial charge in [-0.05, 0) is 0 Å². The number of nitrogens with zero attached hydrogens (tertiary/aromatic N) is 4. The fourth-order valence-electron chi connectivity index (χ4n) is 2.13. The molecule has 2 heterocycles. The Hall–Kier alpha value is -1.58. The van der Waals surface area contributed by atoms with Crippen LogP contribution >= 0.6 is 0 Å². The molecule has 0 aliphatic carbocycles. The number of hydrogen-bond donors (Lipinski definition) is 0. The molecule has 2 aromatic rings. The van der Waals surface area contributed by atoms with Crippen molar-refractivity contribution in [3.05, 3.63) is 24.4 Å². The maximum absolute atomic E-state index is 4.36. The van der Waals surface area contributed by atoms with Crippen molar-refractivity contribution >= 4 is 0 Å². The van der Waals surface area contributed by atoms with Crippen molar-refractivity contribution in [1.29, 1.82) is 0 Å². The van der Waals surface area contributed by atoms with E-state index < -0.39 is 0 Å². The van der Waals surface area contributed by atoms with Gasteiger partial charge in [-0.1, -0.05) is 20.8 Å². The minimum atomic E-state index is 0.0743. The van der Waals surface area contributed by atoms with Gasteiger partial charge in [-0.3, -0.25) is 4.68 Å². The average Bonchev–Trinajstić information content (AvgIpc) is 2.69. The number of aryl methyl sites for hydroxylation is 2. The van der Waals surface area contributed by atoms with Gasteiger partial charge >= 0.3 is 0 Å². The summed E-state index contributed by atoms with van der Waals surface area (Å²) in [5.74, 6) is 0. The van der Waals surface area contributed by atoms with Crippen LogP contribution in [0.3, 0.4) is 0 Å². The van der Waals surface area contributed by atoms with E-state index in [1.54, 1.807) is 0 Å². The summed E-state index contributed by atoms with van der Waals surface area (Å²) in [5.41, 5.74) is 3.58. The van der Waals surface area contributed by atoms with Crippen LogP contribution in [0.5, 0.6) is 0 Å². The average molecular weight is 218 g/mol. The van der Waals surface area contributed by atoms with Crippen molar-refractivity contribution in [3.63, 3.8) is 0 Å². The molecular weight excluding hydrogens is 200 g/mol. The Kier molecular flexibility index (Phi) is 2.37. The van der Waals surface area contributed by atoms with Crippen molar-refractivity contribution < 1.29 is 0 Å². The lowest BCUT2D eigenvalue weighted by atomic mass is 9.88. The van der Waals surface area contributed by atoms with E-state index in [0.717, 1.165) is 11.3 Å². The third kappa shape index (κ3) is 1.64. The number of imidazole rings is 1. The molecule has 4 heteroatoms. The molecule has 0 unspecified atom stereocenters. The monoisotopic (exact) mass is 218 g/mol. The molecule has 0 fully saturated rings. The smallest absolute Gasteiger partial charge is 0.0948 e. The largest absolute Gasteiger partial charge is 0.334 e. The van der Waals surface area contributed by atoms with Gasteiger partial charge in [0.15, 0.2) is 0 Å². The first-order valence-electron chi connectivity index (χ1n) is 5.40. The zero-order valence-corrected chi connectivity index (χ0v) is 10.5. The summed E-state index contributed by atoms with van der Waals surface area (Å²) in [7, 11) is 3.99. The summed E-state index contributed by atoms with van der Waals surface area (Å²) < 4.78 is 3.97. The summed E-state index contributed by atoms with van der Waals surface area (Å²) in [4.78, 5) is 4.16. The van der Waals surface area contributed by atoms with Crippen LogP contribution in [0.15, 0.2) is 18.7 Å². The summed E-state index contributed by atoms with van der Waals surface area (Å²) in [6.07, 6.45) is 5.61. The maximum atomic E-state index is 4.36. The summed E-state index contributed by atoms with van der Waals surface area (Å²) in [5, 5.41) is 4.36. The Morgan fingerprint density at radius 3 is 2.31 bits per heavy atom. The summed E-state index contributed by atoms with van der Waals surface area (Å²) in [6.45, 7) is 6.59. The standard InChI is InChI=1S/C12H18N4/c1-12(2,3)11-9(6-14-16(11)5)10-7-13-8-15(10)4/h6-8H,1-5H3. The van der Waals surface area contributed by atoms with Crippen LogP contribution < -0.4 is 0 Å². The molecule has 0 bridgehead atoms. The molecule has 0 aliphatic rings. The van der Waals surface area contributed by atoms with Crippen molar-refractivity contribution in [2.75, 3.05) is 0 Å². The molecule has 0 N–H and O–H groups in total. The Morgan fingerprint density at radius 1 is 1.12 bits per heavy atom. The molecule has 2 rings (SSSR count). The van der Waals surface area contributed by atoms with Gasteiger partial charge in [0, 0.05) is 25.1 Å². The molecule has 0 aliphatic heterocycles. The molecule has 0 spiro atoms. The van der Waals surface area contributed by atoms with Crippen LogP contribution in [0, 0.1) is 0 Å². The van der Waals surface area contributed by atoms with E-state index in [4.69, 9.17) is 0 Å². The van der Waals surface area contributed by atoms with Crippen LogP contribution in [-0.2, 0) is 19.5 Å². The van der Waals surface area contributed by atoms with E-state index in [1.165, 1.54) is 5.69 Å². The zero-order valence-electron chi connectivity index (χ0n) is 10.5. The number of hydrogen-bond acceptors (Lipinski definition) is 2. The minimum Gasteiger partial charge on any atom is -0.334 e. The maximum Gasteiger partial charge on any atom is 0.0948 e. The third-order valence-corrected chi connectivity index (χ3v) is 2.74. The SMILES string of the molecule is Cn1cncc1-c1cnn(C)c1C(C)(C)C. The molecule has 16 heavy (non-hydrogen) atoms. The molecule has 0 radical (unpaired) electrons. The Balaban J connectivity index is 2.64. The van der Waals surface area contributed by atoms with Gasteiger partial charge < -0.3 is 4.57 Å². The van der Waals surface area contributed by atoms with Crippen molar-refractivity contribution in [2.24, 2.45) is 14.1 Å². The minimum absolute atomic E-state index is 0.0743. The van der Waals surface area contributed by atoms with Crippen LogP contribution in [0.1, 0.15) is 26.5 Å². The van der Waals surface area contributed by atoms with Crippen LogP contribution in [0.2, 0.25) is 0 Å². The second kappa shape index (κ2) is 3.47. The van der Waals surface area contributed by atoms with E-state index in [9.17, 15) is 0 Å². The lowest BCUT2D eigenvalue weighted by Crippen LogP contribution is -2.17. The first-order chi connectivity index (χ1) is 7.41. The fourth-order valence-corrected chi connectivity index (χ4v) is 2.13. The van der Waals surface area contributed by atoms with Crippen molar-refractivity contribution in [3.8, 4) is 11.3 Å². The van der Waals surface area contributed by atoms with E-state index in [-0.39, 0.29) is 5.41 Å². The van der Waals surface area contributed by atoms with E-state index >= 15 is 0 Å². The van der Waals surface area contributed by atoms with Crippen molar-refractivity contribution in [1.82, 2.24) is 19.3 Å². The molecule has 86 valence electrons. The van der Waals surface area contributed by atoms with Crippen LogP contribution in [0.4, 0.5) is 0 Å².